The molecule has 0 aliphatic heterocycles. The van der Waals surface area contributed by atoms with E-state index < -0.39 is 27.8 Å². The molecule has 3 heterocycles. The number of fused-ring (bicyclic) bond motifs is 7. The van der Waals surface area contributed by atoms with Crippen LogP contribution < -0.4 is 21.1 Å². The van der Waals surface area contributed by atoms with Crippen molar-refractivity contribution in [2.45, 2.75) is 13.8 Å². The lowest BCUT2D eigenvalue weighted by atomic mass is 9.99. The predicted octanol–water partition coefficient (Wildman–Crippen LogP) is 10.1. The molecule has 3 aromatic heterocycles. The summed E-state index contributed by atoms with van der Waals surface area (Å²) >= 11 is 3.72. The van der Waals surface area contributed by atoms with Crippen LogP contribution in [0.5, 0.6) is 0 Å². The second-order valence-electron chi connectivity index (χ2n) is 13.1. The number of thiophene rings is 1. The number of hydrogen-bond acceptors (Lipinski definition) is 11. The Morgan fingerprint density at radius 1 is 0.574 bits per heavy atom. The van der Waals surface area contributed by atoms with E-state index in [4.69, 9.17) is 8.75 Å². The Bertz CT molecular complexity index is 3230. The first-order valence-corrected chi connectivity index (χ1v) is 19.0. The Kier molecular flexibility index (Phi) is 7.34. The molecule has 0 spiro atoms. The Labute approximate surface area is 315 Å². The Morgan fingerprint density at radius 2 is 1.09 bits per heavy atom. The van der Waals surface area contributed by atoms with Gasteiger partial charge in [-0.1, -0.05) is 59.7 Å². The molecule has 0 saturated carbocycles. The van der Waals surface area contributed by atoms with Gasteiger partial charge in [-0.15, -0.1) is 11.3 Å². The lowest BCUT2D eigenvalue weighted by molar-refractivity contribution is 0.511. The maximum Gasteiger partial charge on any atom is 0.216 e. The van der Waals surface area contributed by atoms with E-state index >= 15 is 0 Å². The molecule has 0 bridgehead atoms. The third-order valence-corrected chi connectivity index (χ3v) is 12.0. The zero-order valence-corrected chi connectivity index (χ0v) is 30.7. The molecule has 7 aromatic carbocycles. The first-order valence-electron chi connectivity index (χ1n) is 16.7. The predicted molar refractivity (Wildman–Crippen MR) is 215 cm³/mol. The number of rotatable bonds is 5. The molecule has 0 unspecified atom stereocenters. The fraction of sp³-hybridized carbons (Fsp3) is 0.0488. The van der Waals surface area contributed by atoms with E-state index in [2.05, 4.69) is 99.2 Å². The molecule has 0 saturated heterocycles. The molecule has 8 nitrogen and oxygen atoms in total. The topological polar surface area (TPSA) is 101 Å². The van der Waals surface area contributed by atoms with E-state index in [1.165, 1.54) is 11.1 Å². The minimum Gasteiger partial charge on any atom is -0.301 e. The summed E-state index contributed by atoms with van der Waals surface area (Å²) < 4.78 is 46.7. The molecular weight excluding hydrogens is 743 g/mol. The van der Waals surface area contributed by atoms with Crippen molar-refractivity contribution in [1.29, 1.82) is 0 Å². The SMILES string of the molecule is Cc1ccc(N(c2ccc(C)cc2)c2sc(-c3cc4c(cc(N=c5c(=O)c6cc(F)c(F)cc6c5=O)c5nsnc54)c4nsnc34)c3ccccc23)cc1. The van der Waals surface area contributed by atoms with E-state index in [1.54, 1.807) is 17.4 Å². The first-order chi connectivity index (χ1) is 26.2. The van der Waals surface area contributed by atoms with Crippen LogP contribution in [0.4, 0.5) is 30.8 Å². The number of hydrogen-bond donors (Lipinski definition) is 0. The summed E-state index contributed by atoms with van der Waals surface area (Å²) in [5.41, 5.74) is 6.10. The van der Waals surface area contributed by atoms with Crippen LogP contribution in [0.25, 0.3) is 64.8 Å². The molecule has 0 amide bonds. The number of anilines is 3. The van der Waals surface area contributed by atoms with Crippen molar-refractivity contribution in [3.63, 3.8) is 0 Å². The zero-order chi connectivity index (χ0) is 36.8. The van der Waals surface area contributed by atoms with E-state index in [9.17, 15) is 18.4 Å². The summed E-state index contributed by atoms with van der Waals surface area (Å²) in [6, 6.07) is 30.6. The molecule has 0 aliphatic rings. The zero-order valence-electron chi connectivity index (χ0n) is 28.2. The van der Waals surface area contributed by atoms with Gasteiger partial charge in [0, 0.05) is 54.1 Å². The molecular formula is C41H22F2N6O2S3. The fourth-order valence-electron chi connectivity index (χ4n) is 7.01. The monoisotopic (exact) mass is 764 g/mol. The van der Waals surface area contributed by atoms with Crippen molar-refractivity contribution in [1.82, 2.24) is 17.5 Å². The highest BCUT2D eigenvalue weighted by Gasteiger charge is 2.25. The van der Waals surface area contributed by atoms with E-state index in [0.29, 0.717) is 27.5 Å². The van der Waals surface area contributed by atoms with Crippen LogP contribution in [0.2, 0.25) is 0 Å². The largest absolute Gasteiger partial charge is 0.301 e. The second kappa shape index (κ2) is 12.2. The standard InChI is InChI=1S/C41H22F2N6O2S3/c1-19-7-11-21(12-8-19)49(22-13-9-20(2)10-14-22)41-24-6-4-3-5-23(24)40(52-41)29-15-25-26(33-35(29)47-53-45-33)18-32(36-34(25)46-54-48-36)44-37-38(50)27-16-30(42)31(43)17-28(27)39(37)51/h3-18H,1-2H3. The summed E-state index contributed by atoms with van der Waals surface area (Å²) in [4.78, 5) is 34.3. The Hall–Kier alpha value is -6.15. The van der Waals surface area contributed by atoms with Gasteiger partial charge in [0.1, 0.15) is 27.1 Å². The third kappa shape index (κ3) is 4.92. The van der Waals surface area contributed by atoms with Crippen LogP contribution in [0.3, 0.4) is 0 Å². The van der Waals surface area contributed by atoms with E-state index in [0.717, 1.165) is 78.6 Å². The van der Waals surface area contributed by atoms with Gasteiger partial charge in [0.2, 0.25) is 10.9 Å². The summed E-state index contributed by atoms with van der Waals surface area (Å²) in [6.07, 6.45) is 0. The fourth-order valence-corrected chi connectivity index (χ4v) is 9.49. The van der Waals surface area contributed by atoms with Gasteiger partial charge in [0.15, 0.2) is 17.0 Å². The molecule has 0 radical (unpaired) electrons. The van der Waals surface area contributed by atoms with Crippen LogP contribution in [0.1, 0.15) is 11.1 Å². The van der Waals surface area contributed by atoms with Crippen LogP contribution >= 0.6 is 34.8 Å². The first kappa shape index (κ1) is 32.5. The number of nitrogens with zero attached hydrogens (tertiary/aromatic N) is 6. The minimum atomic E-state index is -1.22. The highest BCUT2D eigenvalue weighted by Crippen LogP contribution is 2.51. The molecule has 10 aromatic rings. The summed E-state index contributed by atoms with van der Waals surface area (Å²) in [5, 5.41) is 3.68. The Morgan fingerprint density at radius 3 is 1.70 bits per heavy atom. The summed E-state index contributed by atoms with van der Waals surface area (Å²) in [5.74, 6) is -2.43. The minimum absolute atomic E-state index is 0.217. The third-order valence-electron chi connectivity index (χ3n) is 9.69. The van der Waals surface area contributed by atoms with Crippen LogP contribution in [0.15, 0.2) is 112 Å². The van der Waals surface area contributed by atoms with Gasteiger partial charge in [-0.25, -0.2) is 13.8 Å². The second-order valence-corrected chi connectivity index (χ2v) is 15.1. The highest BCUT2D eigenvalue weighted by atomic mass is 32.1. The van der Waals surface area contributed by atoms with Crippen LogP contribution in [-0.2, 0) is 0 Å². The molecule has 260 valence electrons. The van der Waals surface area contributed by atoms with Crippen molar-refractivity contribution >= 4 is 111 Å². The van der Waals surface area contributed by atoms with Crippen molar-refractivity contribution in [3.8, 4) is 10.4 Å². The van der Waals surface area contributed by atoms with Gasteiger partial charge in [0.25, 0.3) is 0 Å². The molecule has 10 rings (SSSR count). The number of aryl methyl sites for hydroxylation is 2. The molecule has 0 aliphatic carbocycles. The summed E-state index contributed by atoms with van der Waals surface area (Å²) in [6.45, 7) is 4.15. The Balaban J connectivity index is 1.22. The van der Waals surface area contributed by atoms with Crippen LogP contribution in [0, 0.1) is 25.5 Å². The normalized spacial score (nSPS) is 11.9. The number of aromatic nitrogens is 4. The van der Waals surface area contributed by atoms with Crippen molar-refractivity contribution in [3.05, 3.63) is 146 Å². The van der Waals surface area contributed by atoms with Gasteiger partial charge >= 0.3 is 0 Å². The maximum absolute atomic E-state index is 14.0. The maximum atomic E-state index is 14.0. The smallest absolute Gasteiger partial charge is 0.216 e. The van der Waals surface area contributed by atoms with Gasteiger partial charge in [-0.3, -0.25) is 9.59 Å². The number of halogens is 2. The molecule has 0 fully saturated rings. The van der Waals surface area contributed by atoms with Gasteiger partial charge in [-0.2, -0.15) is 17.5 Å². The quantitative estimate of drug-likeness (QED) is 0.172. The van der Waals surface area contributed by atoms with E-state index in [1.807, 2.05) is 12.1 Å². The van der Waals surface area contributed by atoms with E-state index in [-0.39, 0.29) is 16.5 Å². The van der Waals surface area contributed by atoms with Crippen LogP contribution in [-0.4, -0.2) is 17.5 Å². The summed E-state index contributed by atoms with van der Waals surface area (Å²) in [7, 11) is 0. The highest BCUT2D eigenvalue weighted by molar-refractivity contribution is 7.22. The lowest BCUT2D eigenvalue weighted by Gasteiger charge is -2.24. The molecule has 0 N–H and O–H groups in total. The van der Waals surface area contributed by atoms with Gasteiger partial charge in [-0.05, 0) is 62.4 Å². The van der Waals surface area contributed by atoms with Crippen molar-refractivity contribution in [2.75, 3.05) is 4.90 Å². The van der Waals surface area contributed by atoms with Gasteiger partial charge < -0.3 is 4.90 Å². The molecule has 13 heteroatoms. The average molecular weight is 765 g/mol. The van der Waals surface area contributed by atoms with Crippen molar-refractivity contribution in [2.24, 2.45) is 4.99 Å². The van der Waals surface area contributed by atoms with Gasteiger partial charge in [0.05, 0.1) is 29.1 Å². The lowest BCUT2D eigenvalue weighted by Crippen LogP contribution is -2.31. The molecule has 0 atom stereocenters. The average Bonchev–Trinajstić information content (AvgIpc) is 3.98. The van der Waals surface area contributed by atoms with Crippen molar-refractivity contribution < 1.29 is 8.78 Å². The number of benzene rings is 6. The molecule has 54 heavy (non-hydrogen) atoms.